The average Bonchev–Trinajstić information content (AvgIpc) is 3.35. The maximum absolute atomic E-state index is 12.8. The van der Waals surface area contributed by atoms with Crippen LogP contribution in [-0.2, 0) is 16.0 Å². The third kappa shape index (κ3) is 6.42. The van der Waals surface area contributed by atoms with E-state index in [4.69, 9.17) is 23.8 Å². The van der Waals surface area contributed by atoms with Gasteiger partial charge in [0.15, 0.2) is 5.13 Å². The maximum Gasteiger partial charge on any atom is 0.266 e. The highest BCUT2D eigenvalue weighted by molar-refractivity contribution is 8.26. The molecule has 172 valence electrons. The van der Waals surface area contributed by atoms with E-state index in [1.165, 1.54) is 28.0 Å². The molecule has 2 heterocycles. The van der Waals surface area contributed by atoms with Gasteiger partial charge in [0.1, 0.15) is 10.9 Å². The van der Waals surface area contributed by atoms with Crippen molar-refractivity contribution in [1.82, 2.24) is 9.88 Å². The lowest BCUT2D eigenvalue weighted by molar-refractivity contribution is -0.126. The lowest BCUT2D eigenvalue weighted by Gasteiger charge is -2.13. The zero-order chi connectivity index (χ0) is 24.1. The summed E-state index contributed by atoms with van der Waals surface area (Å²) in [6.45, 7) is 1.77. The smallest absolute Gasteiger partial charge is 0.266 e. The van der Waals surface area contributed by atoms with Gasteiger partial charge in [0, 0.05) is 22.5 Å². The number of hydrogen-bond acceptors (Lipinski definition) is 6. The third-order valence-electron chi connectivity index (χ3n) is 4.82. The Bertz CT molecular complexity index is 1280. The van der Waals surface area contributed by atoms with E-state index >= 15 is 0 Å². The Morgan fingerprint density at radius 1 is 1.18 bits per heavy atom. The number of hydrogen-bond donors (Lipinski definition) is 1. The van der Waals surface area contributed by atoms with E-state index in [-0.39, 0.29) is 18.4 Å². The van der Waals surface area contributed by atoms with Gasteiger partial charge in [0.25, 0.3) is 5.91 Å². The Kier molecular flexibility index (Phi) is 7.95. The van der Waals surface area contributed by atoms with Crippen molar-refractivity contribution >= 4 is 74.3 Å². The summed E-state index contributed by atoms with van der Waals surface area (Å²) in [7, 11) is 0. The van der Waals surface area contributed by atoms with Crippen molar-refractivity contribution in [1.29, 1.82) is 0 Å². The highest BCUT2D eigenvalue weighted by Crippen LogP contribution is 2.32. The zero-order valence-electron chi connectivity index (χ0n) is 18.2. The number of rotatable bonds is 7. The zero-order valence-corrected chi connectivity index (χ0v) is 21.4. The van der Waals surface area contributed by atoms with Crippen LogP contribution in [0.1, 0.15) is 22.9 Å². The number of amides is 2. The molecule has 1 saturated heterocycles. The first-order valence-corrected chi connectivity index (χ1v) is 12.8. The third-order valence-corrected chi connectivity index (χ3v) is 7.36. The molecule has 1 aliphatic rings. The molecule has 1 aromatic heterocycles. The number of aromatic nitrogens is 1. The quantitative estimate of drug-likeness (QED) is 0.295. The van der Waals surface area contributed by atoms with Crippen LogP contribution in [0.4, 0.5) is 5.13 Å². The van der Waals surface area contributed by atoms with E-state index in [9.17, 15) is 9.59 Å². The average molecular weight is 526 g/mol. The van der Waals surface area contributed by atoms with E-state index in [1.54, 1.807) is 12.3 Å². The van der Waals surface area contributed by atoms with Crippen molar-refractivity contribution in [3.63, 3.8) is 0 Å². The molecule has 2 amide bonds. The number of anilines is 1. The Morgan fingerprint density at radius 2 is 1.91 bits per heavy atom. The highest BCUT2D eigenvalue weighted by Gasteiger charge is 2.33. The molecular formula is C25H20ClN3O2S3. The van der Waals surface area contributed by atoms with Crippen LogP contribution in [0.15, 0.2) is 77.3 Å². The predicted molar refractivity (Wildman–Crippen MR) is 145 cm³/mol. The minimum absolute atomic E-state index is 0.157. The molecule has 0 atom stereocenters. The highest BCUT2D eigenvalue weighted by atomic mass is 35.5. The summed E-state index contributed by atoms with van der Waals surface area (Å²) >= 11 is 13.9. The van der Waals surface area contributed by atoms with Gasteiger partial charge in [0.2, 0.25) is 5.91 Å². The van der Waals surface area contributed by atoms with Crippen LogP contribution in [0, 0.1) is 0 Å². The lowest BCUT2D eigenvalue weighted by Crippen LogP contribution is -2.36. The molecule has 0 radical (unpaired) electrons. The van der Waals surface area contributed by atoms with Crippen molar-refractivity contribution < 1.29 is 9.59 Å². The summed E-state index contributed by atoms with van der Waals surface area (Å²) in [6.07, 6.45) is 6.22. The molecule has 2 aromatic carbocycles. The Hall–Kier alpha value is -2.78. The fourth-order valence-corrected chi connectivity index (χ4v) is 5.54. The molecule has 0 unspecified atom stereocenters. The topological polar surface area (TPSA) is 62.3 Å². The number of nitrogens with one attached hydrogen (secondary N) is 1. The fraction of sp³-hybridized carbons (Fsp3) is 0.120. The lowest BCUT2D eigenvalue weighted by atomic mass is 10.1. The van der Waals surface area contributed by atoms with Crippen molar-refractivity contribution in [2.45, 2.75) is 13.3 Å². The molecule has 0 saturated carbocycles. The number of benzene rings is 2. The van der Waals surface area contributed by atoms with Gasteiger partial charge in [-0.1, -0.05) is 84.1 Å². The number of allylic oxidation sites excluding steroid dienone is 2. The van der Waals surface area contributed by atoms with Crippen molar-refractivity contribution in [2.24, 2.45) is 0 Å². The minimum atomic E-state index is -0.346. The first-order valence-electron chi connectivity index (χ1n) is 10.3. The van der Waals surface area contributed by atoms with Crippen molar-refractivity contribution in [3.8, 4) is 0 Å². The number of thiazole rings is 1. The van der Waals surface area contributed by atoms with Crippen LogP contribution in [0.2, 0.25) is 5.02 Å². The van der Waals surface area contributed by atoms with Crippen LogP contribution < -0.4 is 5.32 Å². The molecule has 1 fully saturated rings. The molecule has 3 aromatic rings. The van der Waals surface area contributed by atoms with Gasteiger partial charge in [-0.25, -0.2) is 4.98 Å². The van der Waals surface area contributed by atoms with E-state index in [0.717, 1.165) is 21.6 Å². The SMILES string of the molecule is CC(/C=C1\SC(=S)N(CC(=O)Nc2ncc(Cc3ccc(Cl)cc3)s2)C1=O)=C\c1ccccc1. The van der Waals surface area contributed by atoms with E-state index in [0.29, 0.717) is 25.8 Å². The standard InChI is InChI=1S/C25H20ClN3O2S3/c1-16(11-17-5-3-2-4-6-17)12-21-23(31)29(25(32)34-21)15-22(30)28-24-27-14-20(33-24)13-18-7-9-19(26)10-8-18/h2-12,14H,13,15H2,1H3,(H,27,28,30)/b16-11+,21-12-. The molecule has 4 rings (SSSR count). The molecule has 1 aliphatic heterocycles. The van der Waals surface area contributed by atoms with Crippen LogP contribution in [0.3, 0.4) is 0 Å². The van der Waals surface area contributed by atoms with E-state index in [2.05, 4.69) is 10.3 Å². The van der Waals surface area contributed by atoms with E-state index < -0.39 is 0 Å². The van der Waals surface area contributed by atoms with Gasteiger partial charge in [-0.3, -0.25) is 14.5 Å². The largest absolute Gasteiger partial charge is 0.300 e. The maximum atomic E-state index is 12.8. The molecule has 5 nitrogen and oxygen atoms in total. The minimum Gasteiger partial charge on any atom is -0.300 e. The molecule has 9 heteroatoms. The fourth-order valence-electron chi connectivity index (χ4n) is 3.25. The number of nitrogens with zero attached hydrogens (tertiary/aromatic N) is 2. The Labute approximate surface area is 216 Å². The normalized spacial score (nSPS) is 15.3. The summed E-state index contributed by atoms with van der Waals surface area (Å²) in [5.74, 6) is -0.616. The molecular weight excluding hydrogens is 506 g/mol. The number of carbonyl (C=O) groups is 2. The second-order valence-electron chi connectivity index (χ2n) is 7.55. The monoisotopic (exact) mass is 525 g/mol. The van der Waals surface area contributed by atoms with Gasteiger partial charge in [-0.05, 0) is 41.8 Å². The van der Waals surface area contributed by atoms with Crippen LogP contribution in [0.25, 0.3) is 6.08 Å². The predicted octanol–water partition coefficient (Wildman–Crippen LogP) is 6.17. The number of halogens is 1. The second kappa shape index (κ2) is 11.1. The van der Waals surface area contributed by atoms with Gasteiger partial charge in [-0.15, -0.1) is 11.3 Å². The van der Waals surface area contributed by atoms with Crippen LogP contribution >= 0.6 is 46.9 Å². The molecule has 0 aliphatic carbocycles. The summed E-state index contributed by atoms with van der Waals surface area (Å²) in [6, 6.07) is 17.5. The molecule has 0 bridgehead atoms. The molecule has 34 heavy (non-hydrogen) atoms. The van der Waals surface area contributed by atoms with Gasteiger partial charge in [0.05, 0.1) is 4.91 Å². The van der Waals surface area contributed by atoms with Gasteiger partial charge >= 0.3 is 0 Å². The van der Waals surface area contributed by atoms with Crippen molar-refractivity contribution in [2.75, 3.05) is 11.9 Å². The Balaban J connectivity index is 1.35. The van der Waals surface area contributed by atoms with Gasteiger partial charge < -0.3 is 5.32 Å². The van der Waals surface area contributed by atoms with Gasteiger partial charge in [-0.2, -0.15) is 0 Å². The van der Waals surface area contributed by atoms with Crippen LogP contribution in [0.5, 0.6) is 0 Å². The second-order valence-corrected chi connectivity index (χ2v) is 10.8. The molecule has 1 N–H and O–H groups in total. The number of thiocarbonyl (C=S) groups is 1. The summed E-state index contributed by atoms with van der Waals surface area (Å²) in [5.41, 5.74) is 3.07. The van der Waals surface area contributed by atoms with Crippen LogP contribution in [-0.4, -0.2) is 32.6 Å². The first kappa shape index (κ1) is 24.3. The number of carbonyl (C=O) groups excluding carboxylic acids is 2. The number of thioether (sulfide) groups is 1. The Morgan fingerprint density at radius 3 is 2.65 bits per heavy atom. The first-order chi connectivity index (χ1) is 16.4. The summed E-state index contributed by atoms with van der Waals surface area (Å²) < 4.78 is 0.362. The van der Waals surface area contributed by atoms with E-state index in [1.807, 2.05) is 67.6 Å². The summed E-state index contributed by atoms with van der Waals surface area (Å²) in [5, 5.41) is 3.94. The molecule has 0 spiro atoms. The summed E-state index contributed by atoms with van der Waals surface area (Å²) in [4.78, 5) is 32.5. The van der Waals surface area contributed by atoms with Crippen molar-refractivity contribution in [3.05, 3.63) is 98.4 Å².